The first kappa shape index (κ1) is 33.0. The summed E-state index contributed by atoms with van der Waals surface area (Å²) in [5.74, 6) is 0. The van der Waals surface area contributed by atoms with Crippen LogP contribution in [0.25, 0.3) is 110 Å². The molecule has 0 aliphatic heterocycles. The van der Waals surface area contributed by atoms with E-state index in [0.29, 0.717) is 0 Å². The molecule has 0 radical (unpaired) electrons. The van der Waals surface area contributed by atoms with E-state index in [2.05, 4.69) is 202 Å². The fraction of sp³-hybridized carbons (Fsp3) is 0.0526. The molecule has 0 saturated carbocycles. The molecule has 1 aliphatic rings. The maximum absolute atomic E-state index is 6.58. The summed E-state index contributed by atoms with van der Waals surface area (Å²) in [5, 5.41) is 9.82. The molecule has 0 unspecified atom stereocenters. The molecule has 0 N–H and O–H groups in total. The van der Waals surface area contributed by atoms with E-state index in [9.17, 15) is 0 Å². The molecule has 1 aromatic heterocycles. The van der Waals surface area contributed by atoms with E-state index < -0.39 is 0 Å². The van der Waals surface area contributed by atoms with Gasteiger partial charge in [-0.05, 0) is 118 Å². The van der Waals surface area contributed by atoms with Gasteiger partial charge < -0.3 is 4.42 Å². The highest BCUT2D eigenvalue weighted by molar-refractivity contribution is 6.23. The van der Waals surface area contributed by atoms with Gasteiger partial charge in [0, 0.05) is 21.8 Å². The van der Waals surface area contributed by atoms with Crippen LogP contribution in [0.2, 0.25) is 0 Å². The summed E-state index contributed by atoms with van der Waals surface area (Å²) >= 11 is 0. The minimum absolute atomic E-state index is 0.0490. The normalized spacial score (nSPS) is 13.1. The lowest BCUT2D eigenvalue weighted by molar-refractivity contribution is 0.661. The third kappa shape index (κ3) is 4.77. The highest BCUT2D eigenvalue weighted by Gasteiger charge is 2.36. The molecule has 1 heterocycles. The zero-order valence-electron chi connectivity index (χ0n) is 32.4. The quantitative estimate of drug-likeness (QED) is 0.164. The van der Waals surface area contributed by atoms with E-state index in [-0.39, 0.29) is 5.41 Å². The van der Waals surface area contributed by atoms with Crippen molar-refractivity contribution in [2.45, 2.75) is 19.3 Å². The van der Waals surface area contributed by atoms with E-state index in [4.69, 9.17) is 4.42 Å². The number of hydrogen-bond donors (Lipinski definition) is 0. The van der Waals surface area contributed by atoms with Crippen molar-refractivity contribution in [2.75, 3.05) is 0 Å². The maximum Gasteiger partial charge on any atom is 0.143 e. The van der Waals surface area contributed by atoms with Crippen LogP contribution in [0, 0.1) is 0 Å². The first-order valence-electron chi connectivity index (χ1n) is 20.3. The lowest BCUT2D eigenvalue weighted by atomic mass is 9.81. The summed E-state index contributed by atoms with van der Waals surface area (Å²) in [5.41, 5.74) is 16.9. The predicted molar refractivity (Wildman–Crippen MR) is 246 cm³/mol. The van der Waals surface area contributed by atoms with Gasteiger partial charge in [-0.25, -0.2) is 0 Å². The Morgan fingerprint density at radius 2 is 0.845 bits per heavy atom. The van der Waals surface area contributed by atoms with Gasteiger partial charge in [0.1, 0.15) is 11.2 Å². The standard InChI is InChI=1S/C57H38O/c1-57(2)51-31-30-39(33-49(51)50-32-37-14-3-4-15-38(37)34-52(50)57)35-26-28-36(29-27-35)54-43-19-7-9-21-45(43)55(46-22-10-8-20-44(46)54)42-18-6-5-16-40(42)47-23-13-24-48-41-17-11-12-25-53(41)58-56(47)48/h3-34H,1-2H3. The van der Waals surface area contributed by atoms with Crippen LogP contribution in [0.5, 0.6) is 0 Å². The fourth-order valence-corrected chi connectivity index (χ4v) is 10.1. The first-order chi connectivity index (χ1) is 28.5. The highest BCUT2D eigenvalue weighted by Crippen LogP contribution is 2.52. The van der Waals surface area contributed by atoms with Gasteiger partial charge in [-0.3, -0.25) is 0 Å². The van der Waals surface area contributed by atoms with E-state index in [1.807, 2.05) is 6.07 Å². The van der Waals surface area contributed by atoms with Crippen LogP contribution >= 0.6 is 0 Å². The molecular weight excluding hydrogens is 701 g/mol. The molecule has 1 aliphatic carbocycles. The Hall–Kier alpha value is -7.22. The molecule has 272 valence electrons. The van der Waals surface area contributed by atoms with Crippen molar-refractivity contribution < 1.29 is 4.42 Å². The number of furan rings is 1. The molecule has 0 saturated heterocycles. The van der Waals surface area contributed by atoms with Gasteiger partial charge in [-0.2, -0.15) is 0 Å². The van der Waals surface area contributed by atoms with Crippen molar-refractivity contribution in [3.8, 4) is 55.6 Å². The summed E-state index contributed by atoms with van der Waals surface area (Å²) in [6.07, 6.45) is 0. The van der Waals surface area contributed by atoms with Crippen molar-refractivity contribution in [1.82, 2.24) is 0 Å². The zero-order chi connectivity index (χ0) is 38.5. The Morgan fingerprint density at radius 3 is 1.57 bits per heavy atom. The van der Waals surface area contributed by atoms with Crippen LogP contribution in [0.4, 0.5) is 0 Å². The topological polar surface area (TPSA) is 13.1 Å². The molecule has 58 heavy (non-hydrogen) atoms. The average molecular weight is 739 g/mol. The molecule has 0 spiro atoms. The maximum atomic E-state index is 6.58. The second-order valence-electron chi connectivity index (χ2n) is 16.4. The number of para-hydroxylation sites is 2. The smallest absolute Gasteiger partial charge is 0.143 e. The third-order valence-corrected chi connectivity index (χ3v) is 12.9. The number of hydrogen-bond acceptors (Lipinski definition) is 1. The van der Waals surface area contributed by atoms with Crippen molar-refractivity contribution in [1.29, 1.82) is 0 Å². The second kappa shape index (κ2) is 12.4. The fourth-order valence-electron chi connectivity index (χ4n) is 10.1. The van der Waals surface area contributed by atoms with Crippen molar-refractivity contribution >= 4 is 54.3 Å². The molecule has 11 aromatic rings. The van der Waals surface area contributed by atoms with Gasteiger partial charge in [0.25, 0.3) is 0 Å². The molecule has 0 amide bonds. The molecule has 1 nitrogen and oxygen atoms in total. The molecule has 10 aromatic carbocycles. The average Bonchev–Trinajstić information content (AvgIpc) is 3.76. The minimum Gasteiger partial charge on any atom is -0.455 e. The van der Waals surface area contributed by atoms with E-state index in [1.165, 1.54) is 88.0 Å². The highest BCUT2D eigenvalue weighted by atomic mass is 16.3. The minimum atomic E-state index is -0.0490. The second-order valence-corrected chi connectivity index (χ2v) is 16.4. The van der Waals surface area contributed by atoms with Gasteiger partial charge in [-0.15, -0.1) is 0 Å². The van der Waals surface area contributed by atoms with Crippen LogP contribution in [0.3, 0.4) is 0 Å². The molecule has 12 rings (SSSR count). The van der Waals surface area contributed by atoms with Crippen LogP contribution in [0.15, 0.2) is 199 Å². The summed E-state index contributed by atoms with van der Waals surface area (Å²) in [4.78, 5) is 0. The van der Waals surface area contributed by atoms with E-state index >= 15 is 0 Å². The van der Waals surface area contributed by atoms with Gasteiger partial charge in [0.15, 0.2) is 0 Å². The lowest BCUT2D eigenvalue weighted by Gasteiger charge is -2.22. The molecule has 1 heteroatoms. The van der Waals surface area contributed by atoms with Crippen LogP contribution in [-0.2, 0) is 5.41 Å². The monoisotopic (exact) mass is 738 g/mol. The summed E-state index contributed by atoms with van der Waals surface area (Å²) < 4.78 is 6.58. The number of rotatable bonds is 4. The van der Waals surface area contributed by atoms with E-state index in [0.717, 1.165) is 33.1 Å². The first-order valence-corrected chi connectivity index (χ1v) is 20.3. The van der Waals surface area contributed by atoms with Crippen molar-refractivity contribution in [3.63, 3.8) is 0 Å². The SMILES string of the molecule is CC1(C)c2ccc(-c3ccc(-c4c5ccccc5c(-c5ccccc5-c5cccc6c5oc5ccccc56)c5ccccc45)cc3)cc2-c2cc3ccccc3cc21. The Balaban J connectivity index is 1.01. The Kier molecular flexibility index (Phi) is 7.04. The van der Waals surface area contributed by atoms with Crippen LogP contribution in [-0.4, -0.2) is 0 Å². The molecule has 0 bridgehead atoms. The lowest BCUT2D eigenvalue weighted by Crippen LogP contribution is -2.14. The van der Waals surface area contributed by atoms with Gasteiger partial charge in [0.2, 0.25) is 0 Å². The van der Waals surface area contributed by atoms with Gasteiger partial charge >= 0.3 is 0 Å². The van der Waals surface area contributed by atoms with E-state index in [1.54, 1.807) is 0 Å². The Bertz CT molecular complexity index is 3410. The third-order valence-electron chi connectivity index (χ3n) is 12.9. The van der Waals surface area contributed by atoms with Crippen molar-refractivity contribution in [2.24, 2.45) is 0 Å². The largest absolute Gasteiger partial charge is 0.455 e. The molecule has 0 atom stereocenters. The molecule has 0 fully saturated rings. The molecular formula is C57H38O. The Morgan fingerprint density at radius 1 is 0.328 bits per heavy atom. The van der Waals surface area contributed by atoms with Gasteiger partial charge in [-0.1, -0.05) is 184 Å². The summed E-state index contributed by atoms with van der Waals surface area (Å²) in [6.45, 7) is 4.72. The summed E-state index contributed by atoms with van der Waals surface area (Å²) in [6, 6.07) is 71.4. The number of benzene rings is 10. The zero-order valence-corrected chi connectivity index (χ0v) is 32.4. The van der Waals surface area contributed by atoms with Crippen LogP contribution < -0.4 is 0 Å². The van der Waals surface area contributed by atoms with Crippen molar-refractivity contribution in [3.05, 3.63) is 205 Å². The van der Waals surface area contributed by atoms with Gasteiger partial charge in [0.05, 0.1) is 0 Å². The Labute approximate surface area is 337 Å². The number of fused-ring (bicyclic) bond motifs is 9. The van der Waals surface area contributed by atoms with Crippen LogP contribution in [0.1, 0.15) is 25.0 Å². The predicted octanol–water partition coefficient (Wildman–Crippen LogP) is 16.0. The summed E-state index contributed by atoms with van der Waals surface area (Å²) in [7, 11) is 0.